The molecule has 5 rings (SSSR count). The number of phenols is 1. The number of aromatic hydroxyl groups is 1. The van der Waals surface area contributed by atoms with Crippen LogP contribution >= 0.6 is 0 Å². The largest absolute Gasteiger partial charge is 0.511 e. The van der Waals surface area contributed by atoms with Gasteiger partial charge in [0, 0.05) is 43.9 Å². The van der Waals surface area contributed by atoms with Crippen molar-refractivity contribution in [1.82, 2.24) is 9.88 Å². The molecule has 3 aliphatic rings. The minimum absolute atomic E-state index is 0.0395. The van der Waals surface area contributed by atoms with E-state index in [9.17, 15) is 34.8 Å². The standard InChI is InChI=1S/C25H24N2O7/c1-26-24(33)20-17(29)10-14-8-13-9-15-12(11-27-6-2-3-7-27)4-5-16(28)19(15)21(30)18(13)22(31)25(14,34)23(20)32/h2-7,13-14,28-29,31,34H,8-11H2,1H3,(H,26,33)/t13?,14?,25-/m0/s1. The Morgan fingerprint density at radius 1 is 1.15 bits per heavy atom. The first-order valence-corrected chi connectivity index (χ1v) is 11.0. The number of rotatable bonds is 3. The number of phenolic OH excluding ortho intramolecular Hbond substituents is 1. The highest BCUT2D eigenvalue weighted by molar-refractivity contribution is 6.24. The third-order valence-corrected chi connectivity index (χ3v) is 7.27. The molecule has 34 heavy (non-hydrogen) atoms. The van der Waals surface area contributed by atoms with Gasteiger partial charge in [-0.3, -0.25) is 14.4 Å². The van der Waals surface area contributed by atoms with E-state index in [-0.39, 0.29) is 29.7 Å². The number of benzene rings is 1. The van der Waals surface area contributed by atoms with Crippen LogP contribution in [0.5, 0.6) is 5.75 Å². The van der Waals surface area contributed by atoms with E-state index < -0.39 is 52.0 Å². The van der Waals surface area contributed by atoms with Crippen LogP contribution in [0, 0.1) is 11.8 Å². The molecule has 0 spiro atoms. The fraction of sp³-hybridized carbons (Fsp3) is 0.320. The second-order valence-corrected chi connectivity index (χ2v) is 9.08. The summed E-state index contributed by atoms with van der Waals surface area (Å²) in [4.78, 5) is 38.9. The summed E-state index contributed by atoms with van der Waals surface area (Å²) in [7, 11) is 1.27. The van der Waals surface area contributed by atoms with Gasteiger partial charge in [-0.1, -0.05) is 6.07 Å². The summed E-state index contributed by atoms with van der Waals surface area (Å²) in [5.41, 5.74) is -1.75. The molecule has 3 aliphatic carbocycles. The van der Waals surface area contributed by atoms with E-state index in [1.807, 2.05) is 29.1 Å². The minimum atomic E-state index is -2.51. The van der Waals surface area contributed by atoms with Crippen molar-refractivity contribution in [1.29, 1.82) is 0 Å². The van der Waals surface area contributed by atoms with Crippen molar-refractivity contribution in [3.8, 4) is 5.75 Å². The van der Waals surface area contributed by atoms with Crippen molar-refractivity contribution in [3.05, 3.63) is 76.0 Å². The second-order valence-electron chi connectivity index (χ2n) is 9.08. The zero-order chi connectivity index (χ0) is 24.4. The summed E-state index contributed by atoms with van der Waals surface area (Å²) < 4.78 is 1.93. The lowest BCUT2D eigenvalue weighted by Crippen LogP contribution is -2.57. The highest BCUT2D eigenvalue weighted by Crippen LogP contribution is 2.51. The number of carbonyl (C=O) groups is 3. The molecule has 0 bridgehead atoms. The quantitative estimate of drug-likeness (QED) is 0.434. The molecule has 0 saturated heterocycles. The van der Waals surface area contributed by atoms with E-state index in [0.717, 1.165) is 5.56 Å². The summed E-state index contributed by atoms with van der Waals surface area (Å²) in [6.07, 6.45) is 4.01. The lowest BCUT2D eigenvalue weighted by atomic mass is 9.60. The van der Waals surface area contributed by atoms with Crippen molar-refractivity contribution in [2.24, 2.45) is 11.8 Å². The maximum absolute atomic E-state index is 13.5. The predicted molar refractivity (Wildman–Crippen MR) is 119 cm³/mol. The number of aliphatic hydroxyl groups excluding tert-OH is 2. The van der Waals surface area contributed by atoms with Crippen LogP contribution in [0.25, 0.3) is 0 Å². The molecule has 9 heteroatoms. The van der Waals surface area contributed by atoms with Crippen LogP contribution in [0.2, 0.25) is 0 Å². The number of hydrogen-bond acceptors (Lipinski definition) is 7. The first kappa shape index (κ1) is 22.0. The van der Waals surface area contributed by atoms with Gasteiger partial charge in [0.1, 0.15) is 22.8 Å². The van der Waals surface area contributed by atoms with Gasteiger partial charge >= 0.3 is 0 Å². The van der Waals surface area contributed by atoms with E-state index >= 15 is 0 Å². The lowest BCUT2D eigenvalue weighted by Gasteiger charge is -2.45. The molecule has 0 saturated carbocycles. The molecule has 2 aromatic rings. The van der Waals surface area contributed by atoms with E-state index in [0.29, 0.717) is 18.5 Å². The summed E-state index contributed by atoms with van der Waals surface area (Å²) in [5, 5.41) is 45.6. The van der Waals surface area contributed by atoms with Crippen molar-refractivity contribution in [2.45, 2.75) is 31.4 Å². The van der Waals surface area contributed by atoms with Gasteiger partial charge in [-0.15, -0.1) is 0 Å². The van der Waals surface area contributed by atoms with Crippen molar-refractivity contribution >= 4 is 17.5 Å². The number of Topliss-reactive ketones (excluding diaryl/α,β-unsaturated/α-hetero) is 2. The summed E-state index contributed by atoms with van der Waals surface area (Å²) in [6, 6.07) is 6.94. The Hall–Kier alpha value is -3.85. The van der Waals surface area contributed by atoms with E-state index in [2.05, 4.69) is 5.32 Å². The topological polar surface area (TPSA) is 149 Å². The molecule has 1 aromatic carbocycles. The number of nitrogens with one attached hydrogen (secondary N) is 1. The maximum atomic E-state index is 13.5. The molecule has 0 aliphatic heterocycles. The van der Waals surface area contributed by atoms with Gasteiger partial charge < -0.3 is 30.3 Å². The molecule has 1 aromatic heterocycles. The number of ketones is 2. The fourth-order valence-electron chi connectivity index (χ4n) is 5.61. The Balaban J connectivity index is 1.63. The summed E-state index contributed by atoms with van der Waals surface area (Å²) >= 11 is 0. The fourth-order valence-corrected chi connectivity index (χ4v) is 5.61. The van der Waals surface area contributed by atoms with Gasteiger partial charge in [0.25, 0.3) is 5.91 Å². The predicted octanol–water partition coefficient (Wildman–Crippen LogP) is 1.69. The number of nitrogens with zero attached hydrogens (tertiary/aromatic N) is 1. The van der Waals surface area contributed by atoms with Crippen LogP contribution in [0.15, 0.2) is 59.3 Å². The van der Waals surface area contributed by atoms with Crippen LogP contribution < -0.4 is 5.32 Å². The maximum Gasteiger partial charge on any atom is 0.258 e. The highest BCUT2D eigenvalue weighted by Gasteiger charge is 2.59. The smallest absolute Gasteiger partial charge is 0.258 e. The zero-order valence-electron chi connectivity index (χ0n) is 18.4. The van der Waals surface area contributed by atoms with E-state index in [1.165, 1.54) is 13.1 Å². The van der Waals surface area contributed by atoms with Crippen LogP contribution in [-0.4, -0.2) is 55.1 Å². The Morgan fingerprint density at radius 2 is 1.85 bits per heavy atom. The normalized spacial score (nSPS) is 26.2. The van der Waals surface area contributed by atoms with Crippen LogP contribution in [-0.2, 0) is 22.6 Å². The molecule has 5 N–H and O–H groups in total. The molecule has 0 fully saturated rings. The molecule has 9 nitrogen and oxygen atoms in total. The Kier molecular flexibility index (Phi) is 4.91. The van der Waals surface area contributed by atoms with Gasteiger partial charge in [0.05, 0.1) is 5.56 Å². The summed E-state index contributed by atoms with van der Waals surface area (Å²) in [5.74, 6) is -5.64. The molecule has 1 heterocycles. The second kappa shape index (κ2) is 7.59. The molecule has 1 amide bonds. The van der Waals surface area contributed by atoms with E-state index in [1.54, 1.807) is 6.07 Å². The molecule has 3 atom stereocenters. The Labute approximate surface area is 194 Å². The zero-order valence-corrected chi connectivity index (χ0v) is 18.4. The first-order chi connectivity index (χ1) is 16.2. The number of allylic oxidation sites excluding steroid dienone is 2. The SMILES string of the molecule is CNC(=O)C1=C(O)CC2CC3Cc4c(Cn5cccc5)ccc(O)c4C(=O)C3=C(O)[C@]2(O)C1=O. The molecule has 176 valence electrons. The highest BCUT2D eigenvalue weighted by atomic mass is 16.3. The molecule has 0 radical (unpaired) electrons. The van der Waals surface area contributed by atoms with Gasteiger partial charge in [0.2, 0.25) is 5.78 Å². The number of aliphatic hydroxyl groups is 3. The van der Waals surface area contributed by atoms with Gasteiger partial charge in [-0.05, 0) is 48.1 Å². The average molecular weight is 464 g/mol. The molecular weight excluding hydrogens is 440 g/mol. The first-order valence-electron chi connectivity index (χ1n) is 11.0. The summed E-state index contributed by atoms with van der Waals surface area (Å²) in [6.45, 7) is 0.478. The van der Waals surface area contributed by atoms with Crippen molar-refractivity contribution in [3.63, 3.8) is 0 Å². The number of fused-ring (bicyclic) bond motifs is 3. The average Bonchev–Trinajstić information content (AvgIpc) is 3.31. The monoisotopic (exact) mass is 464 g/mol. The van der Waals surface area contributed by atoms with E-state index in [4.69, 9.17) is 0 Å². The molecular formula is C25H24N2O7. The number of hydrogen-bond donors (Lipinski definition) is 5. The van der Waals surface area contributed by atoms with Crippen molar-refractivity contribution in [2.75, 3.05) is 7.05 Å². The Bertz CT molecular complexity index is 1300. The van der Waals surface area contributed by atoms with Gasteiger partial charge in [0.15, 0.2) is 11.4 Å². The van der Waals surface area contributed by atoms with Crippen LogP contribution in [0.3, 0.4) is 0 Å². The third kappa shape index (κ3) is 2.93. The minimum Gasteiger partial charge on any atom is -0.511 e. The van der Waals surface area contributed by atoms with Crippen LogP contribution in [0.1, 0.15) is 34.3 Å². The van der Waals surface area contributed by atoms with Gasteiger partial charge in [-0.2, -0.15) is 0 Å². The number of likely N-dealkylation sites (N-methyl/N-ethyl adjacent to an activating group) is 1. The Morgan fingerprint density at radius 3 is 2.53 bits per heavy atom. The van der Waals surface area contributed by atoms with Crippen molar-refractivity contribution < 1.29 is 34.8 Å². The number of aromatic nitrogens is 1. The van der Waals surface area contributed by atoms with Gasteiger partial charge in [-0.25, -0.2) is 0 Å². The number of carbonyl (C=O) groups excluding carboxylic acids is 3. The third-order valence-electron chi connectivity index (χ3n) is 7.27. The lowest BCUT2D eigenvalue weighted by molar-refractivity contribution is -0.144. The van der Waals surface area contributed by atoms with Crippen LogP contribution in [0.4, 0.5) is 0 Å². The molecule has 2 unspecified atom stereocenters. The number of amides is 1.